The van der Waals surface area contributed by atoms with Gasteiger partial charge in [0.05, 0.1) is 23.2 Å². The highest BCUT2D eigenvalue weighted by molar-refractivity contribution is 7.91. The Morgan fingerprint density at radius 3 is 2.52 bits per heavy atom. The summed E-state index contributed by atoms with van der Waals surface area (Å²) in [6.45, 7) is 4.27. The predicted molar refractivity (Wildman–Crippen MR) is 117 cm³/mol. The molecule has 1 aliphatic rings. The molecule has 0 radical (unpaired) electrons. The number of carbonyl (C=O) groups is 1. The van der Waals surface area contributed by atoms with Gasteiger partial charge in [0, 0.05) is 12.1 Å². The van der Waals surface area contributed by atoms with E-state index in [1.807, 2.05) is 32.0 Å². The van der Waals surface area contributed by atoms with E-state index in [9.17, 15) is 17.6 Å². The van der Waals surface area contributed by atoms with Crippen LogP contribution in [0, 0.1) is 19.7 Å². The van der Waals surface area contributed by atoms with E-state index in [0.717, 1.165) is 27.9 Å². The molecule has 6 nitrogen and oxygen atoms in total. The number of nitrogens with zero attached hydrogens (tertiary/aromatic N) is 2. The number of hydrogen-bond donors (Lipinski definition) is 1. The summed E-state index contributed by atoms with van der Waals surface area (Å²) >= 11 is 0. The molecule has 0 spiro atoms. The van der Waals surface area contributed by atoms with Gasteiger partial charge in [-0.2, -0.15) is 5.10 Å². The summed E-state index contributed by atoms with van der Waals surface area (Å²) in [5.74, 6) is -0.563. The van der Waals surface area contributed by atoms with E-state index >= 15 is 0 Å². The average molecular weight is 442 g/mol. The third-order valence-corrected chi connectivity index (χ3v) is 7.44. The Balaban J connectivity index is 1.64. The summed E-state index contributed by atoms with van der Waals surface area (Å²) < 4.78 is 38.8. The van der Waals surface area contributed by atoms with Crippen LogP contribution in [0.4, 0.5) is 4.39 Å². The molecule has 2 heterocycles. The molecule has 1 aromatic heterocycles. The van der Waals surface area contributed by atoms with Gasteiger partial charge in [0.1, 0.15) is 5.82 Å². The second kappa shape index (κ2) is 8.26. The Morgan fingerprint density at radius 1 is 1.13 bits per heavy atom. The topological polar surface area (TPSA) is 81.1 Å². The summed E-state index contributed by atoms with van der Waals surface area (Å²) in [5, 5.41) is 7.29. The van der Waals surface area contributed by atoms with Crippen molar-refractivity contribution in [2.45, 2.75) is 32.9 Å². The van der Waals surface area contributed by atoms with Gasteiger partial charge in [-0.1, -0.05) is 24.3 Å². The minimum atomic E-state index is -3.11. The number of rotatable bonds is 5. The number of aromatic nitrogens is 2. The summed E-state index contributed by atoms with van der Waals surface area (Å²) in [6, 6.07) is 13.3. The summed E-state index contributed by atoms with van der Waals surface area (Å²) in [4.78, 5) is 12.8. The van der Waals surface area contributed by atoms with E-state index in [1.54, 1.807) is 22.9 Å². The summed E-state index contributed by atoms with van der Waals surface area (Å²) in [6.07, 6.45) is 0.471. The van der Waals surface area contributed by atoms with Crippen LogP contribution in [0.3, 0.4) is 0 Å². The van der Waals surface area contributed by atoms with Crippen LogP contribution in [0.25, 0.3) is 11.3 Å². The number of amides is 1. The highest BCUT2D eigenvalue weighted by Gasteiger charge is 2.32. The molecular formula is C23H24FN3O3S. The first-order valence-electron chi connectivity index (χ1n) is 10.1. The standard InChI is InChI=1S/C23H24FN3O3S/c1-15-3-6-18(11-16(15)2)22-12-21(26-27(22)20-9-10-31(29,30)14-20)23(28)25-13-17-4-7-19(24)8-5-17/h3-8,11-12,20H,9-10,13-14H2,1-2H3,(H,25,28). The molecule has 1 unspecified atom stereocenters. The quantitative estimate of drug-likeness (QED) is 0.656. The van der Waals surface area contributed by atoms with Gasteiger partial charge in [-0.25, -0.2) is 12.8 Å². The Morgan fingerprint density at radius 2 is 1.87 bits per heavy atom. The Kier molecular flexibility index (Phi) is 5.66. The zero-order chi connectivity index (χ0) is 22.2. The molecule has 1 N–H and O–H groups in total. The molecular weight excluding hydrogens is 417 g/mol. The first kappa shape index (κ1) is 21.2. The van der Waals surface area contributed by atoms with Crippen molar-refractivity contribution in [3.05, 3.63) is 76.7 Å². The van der Waals surface area contributed by atoms with Gasteiger partial charge in [-0.05, 0) is 61.2 Å². The van der Waals surface area contributed by atoms with Gasteiger partial charge in [0.15, 0.2) is 15.5 Å². The molecule has 1 fully saturated rings. The molecule has 8 heteroatoms. The fourth-order valence-corrected chi connectivity index (χ4v) is 5.44. The van der Waals surface area contributed by atoms with Gasteiger partial charge in [0.25, 0.3) is 5.91 Å². The van der Waals surface area contributed by atoms with Crippen LogP contribution in [0.5, 0.6) is 0 Å². The van der Waals surface area contributed by atoms with Crippen molar-refractivity contribution in [3.63, 3.8) is 0 Å². The number of sulfone groups is 1. The Hall–Kier alpha value is -3.00. The second-order valence-electron chi connectivity index (χ2n) is 8.02. The first-order chi connectivity index (χ1) is 14.7. The molecule has 3 aromatic rings. The number of hydrogen-bond acceptors (Lipinski definition) is 4. The zero-order valence-corrected chi connectivity index (χ0v) is 18.2. The third kappa shape index (κ3) is 4.69. The van der Waals surface area contributed by atoms with Crippen LogP contribution in [-0.2, 0) is 16.4 Å². The third-order valence-electron chi connectivity index (χ3n) is 5.69. The molecule has 162 valence electrons. The normalized spacial score (nSPS) is 17.6. The fraction of sp³-hybridized carbons (Fsp3) is 0.304. The van der Waals surface area contributed by atoms with Gasteiger partial charge in [-0.3, -0.25) is 9.48 Å². The molecule has 1 saturated heterocycles. The molecule has 1 aliphatic heterocycles. The molecule has 31 heavy (non-hydrogen) atoms. The average Bonchev–Trinajstić information content (AvgIpc) is 3.33. The maximum atomic E-state index is 13.1. The van der Waals surface area contributed by atoms with Crippen molar-refractivity contribution in [1.29, 1.82) is 0 Å². The van der Waals surface area contributed by atoms with E-state index < -0.39 is 9.84 Å². The van der Waals surface area contributed by atoms with Gasteiger partial charge in [-0.15, -0.1) is 0 Å². The minimum Gasteiger partial charge on any atom is -0.347 e. The number of carbonyl (C=O) groups excluding carboxylic acids is 1. The van der Waals surface area contributed by atoms with Gasteiger partial charge in [0.2, 0.25) is 0 Å². The van der Waals surface area contributed by atoms with Crippen LogP contribution in [0.15, 0.2) is 48.5 Å². The lowest BCUT2D eigenvalue weighted by atomic mass is 10.0. The fourth-order valence-electron chi connectivity index (χ4n) is 3.74. The lowest BCUT2D eigenvalue weighted by molar-refractivity contribution is 0.0945. The Bertz CT molecular complexity index is 1230. The molecule has 0 saturated carbocycles. The maximum Gasteiger partial charge on any atom is 0.272 e. The second-order valence-corrected chi connectivity index (χ2v) is 10.3. The lowest BCUT2D eigenvalue weighted by Crippen LogP contribution is -2.24. The van der Waals surface area contributed by atoms with Crippen molar-refractivity contribution in [2.75, 3.05) is 11.5 Å². The van der Waals surface area contributed by atoms with Crippen molar-refractivity contribution in [2.24, 2.45) is 0 Å². The minimum absolute atomic E-state index is 0.0170. The summed E-state index contributed by atoms with van der Waals surface area (Å²) in [5.41, 5.74) is 4.85. The van der Waals surface area contributed by atoms with Crippen LogP contribution in [-0.4, -0.2) is 35.6 Å². The van der Waals surface area contributed by atoms with E-state index in [-0.39, 0.29) is 41.5 Å². The number of halogens is 1. The highest BCUT2D eigenvalue weighted by Crippen LogP contribution is 2.31. The van der Waals surface area contributed by atoms with E-state index in [2.05, 4.69) is 10.4 Å². The van der Waals surface area contributed by atoms with Crippen LogP contribution in [0.1, 0.15) is 39.6 Å². The smallest absolute Gasteiger partial charge is 0.272 e. The lowest BCUT2D eigenvalue weighted by Gasteiger charge is -2.14. The monoisotopic (exact) mass is 441 g/mol. The van der Waals surface area contributed by atoms with E-state index in [1.165, 1.54) is 12.1 Å². The molecule has 2 aromatic carbocycles. The molecule has 4 rings (SSSR count). The van der Waals surface area contributed by atoms with Crippen molar-refractivity contribution in [3.8, 4) is 11.3 Å². The van der Waals surface area contributed by atoms with Crippen LogP contribution < -0.4 is 5.32 Å². The molecule has 0 aliphatic carbocycles. The SMILES string of the molecule is Cc1ccc(-c2cc(C(=O)NCc3ccc(F)cc3)nn2C2CCS(=O)(=O)C2)cc1C. The number of nitrogens with one attached hydrogen (secondary N) is 1. The van der Waals surface area contributed by atoms with Crippen LogP contribution in [0.2, 0.25) is 0 Å². The molecule has 0 bridgehead atoms. The van der Waals surface area contributed by atoms with Gasteiger partial charge < -0.3 is 5.32 Å². The number of aryl methyl sites for hydroxylation is 2. The molecule has 1 amide bonds. The van der Waals surface area contributed by atoms with E-state index in [0.29, 0.717) is 6.42 Å². The zero-order valence-electron chi connectivity index (χ0n) is 17.4. The highest BCUT2D eigenvalue weighted by atomic mass is 32.2. The van der Waals surface area contributed by atoms with Crippen molar-refractivity contribution >= 4 is 15.7 Å². The van der Waals surface area contributed by atoms with Gasteiger partial charge >= 0.3 is 0 Å². The Labute approximate surface area is 181 Å². The predicted octanol–water partition coefficient (Wildman–Crippen LogP) is 3.60. The van der Waals surface area contributed by atoms with E-state index in [4.69, 9.17) is 0 Å². The van der Waals surface area contributed by atoms with Crippen molar-refractivity contribution < 1.29 is 17.6 Å². The largest absolute Gasteiger partial charge is 0.347 e. The summed E-state index contributed by atoms with van der Waals surface area (Å²) in [7, 11) is -3.11. The first-order valence-corrected chi connectivity index (χ1v) is 11.9. The maximum absolute atomic E-state index is 13.1. The number of benzene rings is 2. The van der Waals surface area contributed by atoms with Crippen LogP contribution >= 0.6 is 0 Å². The molecule has 1 atom stereocenters. The van der Waals surface area contributed by atoms with Crippen molar-refractivity contribution in [1.82, 2.24) is 15.1 Å².